The van der Waals surface area contributed by atoms with E-state index in [0.717, 1.165) is 41.5 Å². The molecule has 156 valence electrons. The second-order valence-corrected chi connectivity index (χ2v) is 6.10. The number of aromatic nitrogens is 4. The number of para-hydroxylation sites is 1. The van der Waals surface area contributed by atoms with Crippen molar-refractivity contribution in [1.82, 2.24) is 30.4 Å². The van der Waals surface area contributed by atoms with E-state index in [4.69, 9.17) is 4.74 Å². The van der Waals surface area contributed by atoms with E-state index in [1.165, 1.54) is 6.33 Å². The number of halogens is 1. The lowest BCUT2D eigenvalue weighted by Crippen LogP contribution is -2.40. The van der Waals surface area contributed by atoms with E-state index in [2.05, 4.69) is 36.0 Å². The van der Waals surface area contributed by atoms with Crippen molar-refractivity contribution in [2.45, 2.75) is 6.42 Å². The van der Waals surface area contributed by atoms with Crippen molar-refractivity contribution >= 4 is 46.8 Å². The third-order valence-electron chi connectivity index (χ3n) is 4.09. The van der Waals surface area contributed by atoms with E-state index in [-0.39, 0.29) is 24.0 Å². The van der Waals surface area contributed by atoms with Crippen LogP contribution in [0.5, 0.6) is 5.75 Å². The van der Waals surface area contributed by atoms with Gasteiger partial charge in [0.2, 0.25) is 0 Å². The number of nitrogens with one attached hydrogen (secondary N) is 3. The van der Waals surface area contributed by atoms with Crippen molar-refractivity contribution in [1.29, 1.82) is 0 Å². The molecule has 29 heavy (non-hydrogen) atoms. The number of hydrogen-bond acceptors (Lipinski definition) is 6. The normalized spacial score (nSPS) is 11.0. The van der Waals surface area contributed by atoms with Gasteiger partial charge in [-0.2, -0.15) is 5.10 Å². The zero-order chi connectivity index (χ0) is 19.6. The van der Waals surface area contributed by atoms with Crippen LogP contribution in [-0.4, -0.2) is 59.0 Å². The number of aliphatic imine (C=N–C) groups is 1. The second kappa shape index (κ2) is 12.0. The Bertz CT molecular complexity index is 900. The summed E-state index contributed by atoms with van der Waals surface area (Å²) in [6.07, 6.45) is 4.19. The van der Waals surface area contributed by atoms with E-state index in [1.807, 2.05) is 37.4 Å². The van der Waals surface area contributed by atoms with Gasteiger partial charge >= 0.3 is 0 Å². The molecule has 9 nitrogen and oxygen atoms in total. The van der Waals surface area contributed by atoms with Gasteiger partial charge in [-0.25, -0.2) is 9.97 Å². The standard InChI is InChI=1S/C19H26N8O.HI/c1-20-19(22-9-6-12-28-15-7-4-3-5-8-15)23-11-10-21-17-16-13-26-27(2)18(16)25-14-24-17;/h3-5,7-8,13-14H,6,9-12H2,1-2H3,(H2,20,22,23)(H,21,24,25);1H. The first-order valence-corrected chi connectivity index (χ1v) is 9.27. The third kappa shape index (κ3) is 6.73. The van der Waals surface area contributed by atoms with E-state index in [1.54, 1.807) is 17.9 Å². The average molecular weight is 510 g/mol. The lowest BCUT2D eigenvalue weighted by atomic mass is 10.3. The van der Waals surface area contributed by atoms with Crippen LogP contribution in [0, 0.1) is 0 Å². The average Bonchev–Trinajstić information content (AvgIpc) is 3.12. The Morgan fingerprint density at radius 1 is 1.10 bits per heavy atom. The molecule has 0 amide bonds. The number of hydrogen-bond donors (Lipinski definition) is 3. The van der Waals surface area contributed by atoms with Crippen LogP contribution in [-0.2, 0) is 7.05 Å². The number of rotatable bonds is 9. The van der Waals surface area contributed by atoms with Crippen molar-refractivity contribution in [3.8, 4) is 5.75 Å². The lowest BCUT2D eigenvalue weighted by Gasteiger charge is -2.13. The Balaban J connectivity index is 0.00000300. The molecule has 0 unspecified atom stereocenters. The first kappa shape index (κ1) is 22.7. The summed E-state index contributed by atoms with van der Waals surface area (Å²) in [5.74, 6) is 2.43. The summed E-state index contributed by atoms with van der Waals surface area (Å²) in [4.78, 5) is 12.8. The smallest absolute Gasteiger partial charge is 0.191 e. The van der Waals surface area contributed by atoms with Crippen LogP contribution in [0.4, 0.5) is 5.82 Å². The van der Waals surface area contributed by atoms with Crippen LogP contribution in [0.15, 0.2) is 47.8 Å². The molecule has 0 bridgehead atoms. The molecule has 0 aliphatic carbocycles. The highest BCUT2D eigenvalue weighted by molar-refractivity contribution is 14.0. The molecule has 0 aliphatic rings. The molecule has 3 aromatic rings. The van der Waals surface area contributed by atoms with Crippen LogP contribution in [0.1, 0.15) is 6.42 Å². The minimum Gasteiger partial charge on any atom is -0.494 e. The van der Waals surface area contributed by atoms with Crippen LogP contribution in [0.25, 0.3) is 11.0 Å². The van der Waals surface area contributed by atoms with Gasteiger partial charge in [-0.1, -0.05) is 18.2 Å². The summed E-state index contributed by atoms with van der Waals surface area (Å²) >= 11 is 0. The number of fused-ring (bicyclic) bond motifs is 1. The summed E-state index contributed by atoms with van der Waals surface area (Å²) in [6.45, 7) is 2.83. The topological polar surface area (TPSA) is 101 Å². The molecule has 0 aliphatic heterocycles. The molecular weight excluding hydrogens is 483 g/mol. The second-order valence-electron chi connectivity index (χ2n) is 6.10. The highest BCUT2D eigenvalue weighted by Crippen LogP contribution is 2.17. The summed E-state index contributed by atoms with van der Waals surface area (Å²) in [6, 6.07) is 9.82. The van der Waals surface area contributed by atoms with Crippen LogP contribution >= 0.6 is 24.0 Å². The number of guanidine groups is 1. The maximum atomic E-state index is 5.68. The van der Waals surface area contributed by atoms with E-state index in [9.17, 15) is 0 Å². The fourth-order valence-electron chi connectivity index (χ4n) is 2.67. The van der Waals surface area contributed by atoms with Gasteiger partial charge in [0.05, 0.1) is 18.2 Å². The minimum atomic E-state index is 0. The van der Waals surface area contributed by atoms with E-state index in [0.29, 0.717) is 19.7 Å². The van der Waals surface area contributed by atoms with E-state index < -0.39 is 0 Å². The molecule has 3 rings (SSSR count). The fraction of sp³-hybridized carbons (Fsp3) is 0.368. The third-order valence-corrected chi connectivity index (χ3v) is 4.09. The van der Waals surface area contributed by atoms with Gasteiger partial charge in [-0.15, -0.1) is 24.0 Å². The maximum Gasteiger partial charge on any atom is 0.191 e. The maximum absolute atomic E-state index is 5.68. The Labute approximate surface area is 187 Å². The minimum absolute atomic E-state index is 0. The molecule has 2 heterocycles. The first-order chi connectivity index (χ1) is 13.8. The largest absolute Gasteiger partial charge is 0.494 e. The Morgan fingerprint density at radius 2 is 1.90 bits per heavy atom. The van der Waals surface area contributed by atoms with Crippen LogP contribution < -0.4 is 20.7 Å². The van der Waals surface area contributed by atoms with Crippen molar-refractivity contribution in [2.75, 3.05) is 38.6 Å². The van der Waals surface area contributed by atoms with Crippen molar-refractivity contribution in [2.24, 2.45) is 12.0 Å². The Hall–Kier alpha value is -2.63. The quantitative estimate of drug-likeness (QED) is 0.175. The van der Waals surface area contributed by atoms with Gasteiger partial charge in [-0.3, -0.25) is 9.67 Å². The number of nitrogens with zero attached hydrogens (tertiary/aromatic N) is 5. The van der Waals surface area contributed by atoms with Gasteiger partial charge < -0.3 is 20.7 Å². The summed E-state index contributed by atoms with van der Waals surface area (Å²) in [5, 5.41) is 15.0. The SMILES string of the molecule is CN=C(NCCCOc1ccccc1)NCCNc1ncnc2c1cnn2C.I. The monoisotopic (exact) mass is 510 g/mol. The van der Waals surface area contributed by atoms with E-state index >= 15 is 0 Å². The highest BCUT2D eigenvalue weighted by atomic mass is 127. The molecule has 2 aromatic heterocycles. The molecule has 0 fully saturated rings. The van der Waals surface area contributed by atoms with Crippen molar-refractivity contribution in [3.63, 3.8) is 0 Å². The van der Waals surface area contributed by atoms with Crippen LogP contribution in [0.3, 0.4) is 0 Å². The van der Waals surface area contributed by atoms with Crippen LogP contribution in [0.2, 0.25) is 0 Å². The molecule has 0 radical (unpaired) electrons. The molecule has 0 atom stereocenters. The number of aryl methyl sites for hydroxylation is 1. The lowest BCUT2D eigenvalue weighted by molar-refractivity contribution is 0.311. The van der Waals surface area contributed by atoms with Gasteiger partial charge in [0.25, 0.3) is 0 Å². The molecule has 1 aromatic carbocycles. The Morgan fingerprint density at radius 3 is 2.69 bits per heavy atom. The zero-order valence-electron chi connectivity index (χ0n) is 16.6. The summed E-state index contributed by atoms with van der Waals surface area (Å²) in [7, 11) is 3.62. The van der Waals surface area contributed by atoms with Crippen molar-refractivity contribution < 1.29 is 4.74 Å². The molecule has 0 spiro atoms. The van der Waals surface area contributed by atoms with Crippen molar-refractivity contribution in [3.05, 3.63) is 42.9 Å². The summed E-state index contributed by atoms with van der Waals surface area (Å²) < 4.78 is 7.41. The predicted molar refractivity (Wildman–Crippen MR) is 126 cm³/mol. The molecule has 0 saturated heterocycles. The van der Waals surface area contributed by atoms with Gasteiger partial charge in [0.1, 0.15) is 17.9 Å². The number of anilines is 1. The molecule has 10 heteroatoms. The fourth-order valence-corrected chi connectivity index (χ4v) is 2.67. The number of ether oxygens (including phenoxy) is 1. The molecular formula is C19H27IN8O. The summed E-state index contributed by atoms with van der Waals surface area (Å²) in [5.41, 5.74) is 0.806. The predicted octanol–water partition coefficient (Wildman–Crippen LogP) is 2.03. The number of benzene rings is 1. The highest BCUT2D eigenvalue weighted by Gasteiger charge is 2.07. The Kier molecular flexibility index (Phi) is 9.41. The first-order valence-electron chi connectivity index (χ1n) is 9.27. The zero-order valence-corrected chi connectivity index (χ0v) is 19.0. The molecule has 3 N–H and O–H groups in total. The molecule has 0 saturated carbocycles. The van der Waals surface area contributed by atoms with Gasteiger partial charge in [0.15, 0.2) is 11.6 Å². The van der Waals surface area contributed by atoms with Gasteiger partial charge in [0, 0.05) is 33.7 Å². The van der Waals surface area contributed by atoms with Gasteiger partial charge in [-0.05, 0) is 18.6 Å².